The summed E-state index contributed by atoms with van der Waals surface area (Å²) >= 11 is 9.45. The summed E-state index contributed by atoms with van der Waals surface area (Å²) < 4.78 is 13.7. The Morgan fingerprint density at radius 2 is 2.05 bits per heavy atom. The van der Waals surface area contributed by atoms with Crippen LogP contribution in [0.15, 0.2) is 18.2 Å². The van der Waals surface area contributed by atoms with Gasteiger partial charge in [0.25, 0.3) is 0 Å². The fourth-order valence-electron chi connectivity index (χ4n) is 2.72. The van der Waals surface area contributed by atoms with Crippen LogP contribution in [0.25, 0.3) is 0 Å². The molecule has 0 heterocycles. The lowest BCUT2D eigenvalue weighted by Crippen LogP contribution is -2.51. The zero-order chi connectivity index (χ0) is 14.6. The molecule has 5 heteroatoms. The molecule has 1 saturated carbocycles. The quantitative estimate of drug-likeness (QED) is 0.798. The molecular formula is C15H18BrClFNO. The van der Waals surface area contributed by atoms with E-state index in [0.717, 1.165) is 31.0 Å². The van der Waals surface area contributed by atoms with E-state index < -0.39 is 5.82 Å². The van der Waals surface area contributed by atoms with Gasteiger partial charge in [0.2, 0.25) is 5.91 Å². The summed E-state index contributed by atoms with van der Waals surface area (Å²) in [7, 11) is 0. The van der Waals surface area contributed by atoms with Gasteiger partial charge in [-0.3, -0.25) is 4.79 Å². The summed E-state index contributed by atoms with van der Waals surface area (Å²) in [5.41, 5.74) is 0.0831. The monoisotopic (exact) mass is 361 g/mol. The van der Waals surface area contributed by atoms with Crippen LogP contribution in [0.3, 0.4) is 0 Å². The Morgan fingerprint density at radius 1 is 1.35 bits per heavy atom. The number of nitrogens with one attached hydrogen (secondary N) is 1. The summed E-state index contributed by atoms with van der Waals surface area (Å²) in [4.78, 5) is 12.2. The lowest BCUT2D eigenvalue weighted by molar-refractivity contribution is -0.122. The smallest absolute Gasteiger partial charge is 0.225 e. The molecular weight excluding hydrogens is 345 g/mol. The van der Waals surface area contributed by atoms with Crippen molar-refractivity contribution in [2.75, 3.05) is 5.33 Å². The molecule has 1 aromatic carbocycles. The summed E-state index contributed by atoms with van der Waals surface area (Å²) in [6.07, 6.45) is 5.37. The molecule has 1 amide bonds. The number of amides is 1. The van der Waals surface area contributed by atoms with Crippen LogP contribution in [0.5, 0.6) is 0 Å². The Morgan fingerprint density at radius 3 is 2.65 bits per heavy atom. The molecule has 0 aliphatic heterocycles. The van der Waals surface area contributed by atoms with E-state index in [1.165, 1.54) is 12.5 Å². The van der Waals surface area contributed by atoms with E-state index in [1.54, 1.807) is 12.1 Å². The number of alkyl halides is 1. The fourth-order valence-corrected chi connectivity index (χ4v) is 3.65. The van der Waals surface area contributed by atoms with Crippen LogP contribution in [-0.2, 0) is 11.2 Å². The van der Waals surface area contributed by atoms with Crippen molar-refractivity contribution in [1.29, 1.82) is 0 Å². The molecule has 0 unspecified atom stereocenters. The van der Waals surface area contributed by atoms with Gasteiger partial charge in [0, 0.05) is 21.5 Å². The molecule has 0 atom stereocenters. The van der Waals surface area contributed by atoms with Crippen LogP contribution in [0, 0.1) is 5.82 Å². The van der Waals surface area contributed by atoms with Gasteiger partial charge in [-0.25, -0.2) is 4.39 Å². The molecule has 2 rings (SSSR count). The highest BCUT2D eigenvalue weighted by molar-refractivity contribution is 9.09. The predicted molar refractivity (Wildman–Crippen MR) is 82.9 cm³/mol. The lowest BCUT2D eigenvalue weighted by Gasteiger charge is -2.36. The molecule has 0 saturated heterocycles. The SMILES string of the molecule is O=C(Cc1c(F)cccc1Cl)NC1(CBr)CCCCC1. The average Bonchev–Trinajstić information content (AvgIpc) is 2.44. The fraction of sp³-hybridized carbons (Fsp3) is 0.533. The minimum absolute atomic E-state index is 0.0136. The molecule has 110 valence electrons. The number of rotatable bonds is 4. The highest BCUT2D eigenvalue weighted by Crippen LogP contribution is 2.30. The molecule has 0 aromatic heterocycles. The molecule has 1 N–H and O–H groups in total. The molecule has 1 aromatic rings. The Balaban J connectivity index is 2.05. The largest absolute Gasteiger partial charge is 0.350 e. The average molecular weight is 363 g/mol. The van der Waals surface area contributed by atoms with E-state index in [0.29, 0.717) is 5.02 Å². The molecule has 1 fully saturated rings. The van der Waals surface area contributed by atoms with Crippen LogP contribution in [0.2, 0.25) is 5.02 Å². The van der Waals surface area contributed by atoms with Gasteiger partial charge < -0.3 is 5.32 Å². The molecule has 1 aliphatic carbocycles. The van der Waals surface area contributed by atoms with E-state index in [-0.39, 0.29) is 23.4 Å². The minimum atomic E-state index is -0.427. The maximum absolute atomic E-state index is 13.7. The molecule has 0 radical (unpaired) electrons. The summed E-state index contributed by atoms with van der Waals surface area (Å²) in [6, 6.07) is 4.48. The lowest BCUT2D eigenvalue weighted by atomic mass is 9.83. The van der Waals surface area contributed by atoms with Gasteiger partial charge in [0.05, 0.1) is 6.42 Å². The summed E-state index contributed by atoms with van der Waals surface area (Å²) in [5.74, 6) is -0.595. The van der Waals surface area contributed by atoms with Gasteiger partial charge in [0.1, 0.15) is 5.82 Å². The zero-order valence-corrected chi connectivity index (χ0v) is 13.6. The maximum atomic E-state index is 13.7. The zero-order valence-electron chi connectivity index (χ0n) is 11.2. The maximum Gasteiger partial charge on any atom is 0.225 e. The van der Waals surface area contributed by atoms with Crippen LogP contribution < -0.4 is 5.32 Å². The van der Waals surface area contributed by atoms with Crippen molar-refractivity contribution < 1.29 is 9.18 Å². The van der Waals surface area contributed by atoms with Crippen LogP contribution in [0.1, 0.15) is 37.7 Å². The van der Waals surface area contributed by atoms with Crippen LogP contribution in [0.4, 0.5) is 4.39 Å². The van der Waals surface area contributed by atoms with Crippen molar-refractivity contribution in [1.82, 2.24) is 5.32 Å². The first-order valence-electron chi connectivity index (χ1n) is 6.86. The number of carbonyl (C=O) groups is 1. The van der Waals surface area contributed by atoms with Crippen molar-refractivity contribution in [3.05, 3.63) is 34.6 Å². The number of hydrogen-bond acceptors (Lipinski definition) is 1. The second-order valence-corrected chi connectivity index (χ2v) is 6.37. The van der Waals surface area contributed by atoms with E-state index in [4.69, 9.17) is 11.6 Å². The first kappa shape index (κ1) is 15.8. The van der Waals surface area contributed by atoms with Gasteiger partial charge in [-0.2, -0.15) is 0 Å². The third-order valence-corrected chi connectivity index (χ3v) is 5.30. The highest BCUT2D eigenvalue weighted by atomic mass is 79.9. The third kappa shape index (κ3) is 3.73. The van der Waals surface area contributed by atoms with Gasteiger partial charge in [-0.15, -0.1) is 0 Å². The minimum Gasteiger partial charge on any atom is -0.350 e. The van der Waals surface area contributed by atoms with Gasteiger partial charge in [-0.05, 0) is 25.0 Å². The van der Waals surface area contributed by atoms with Gasteiger partial charge in [0.15, 0.2) is 0 Å². The topological polar surface area (TPSA) is 29.1 Å². The highest BCUT2D eigenvalue weighted by Gasteiger charge is 2.32. The van der Waals surface area contributed by atoms with Crippen molar-refractivity contribution >= 4 is 33.4 Å². The molecule has 0 bridgehead atoms. The van der Waals surface area contributed by atoms with Crippen molar-refractivity contribution in [3.63, 3.8) is 0 Å². The molecule has 1 aliphatic rings. The molecule has 0 spiro atoms. The Labute approximate surface area is 132 Å². The predicted octanol–water partition coefficient (Wildman–Crippen LogP) is 4.24. The molecule has 20 heavy (non-hydrogen) atoms. The second-order valence-electron chi connectivity index (χ2n) is 5.40. The van der Waals surface area contributed by atoms with E-state index in [9.17, 15) is 9.18 Å². The second kappa shape index (κ2) is 6.90. The van der Waals surface area contributed by atoms with E-state index in [2.05, 4.69) is 21.2 Å². The van der Waals surface area contributed by atoms with Crippen molar-refractivity contribution in [2.24, 2.45) is 0 Å². The number of halogens is 3. The Kier molecular flexibility index (Phi) is 5.44. The third-order valence-electron chi connectivity index (χ3n) is 3.87. The molecule has 2 nitrogen and oxygen atoms in total. The number of carbonyl (C=O) groups excluding carboxylic acids is 1. The normalized spacial score (nSPS) is 17.8. The standard InChI is InChI=1S/C15H18BrClFNO/c16-10-15(7-2-1-3-8-15)19-14(20)9-11-12(17)5-4-6-13(11)18/h4-6H,1-3,7-10H2,(H,19,20). The Hall–Kier alpha value is -0.610. The number of benzene rings is 1. The summed E-state index contributed by atoms with van der Waals surface area (Å²) in [6.45, 7) is 0. The van der Waals surface area contributed by atoms with E-state index in [1.807, 2.05) is 0 Å². The van der Waals surface area contributed by atoms with Crippen LogP contribution >= 0.6 is 27.5 Å². The van der Waals surface area contributed by atoms with Crippen molar-refractivity contribution in [2.45, 2.75) is 44.1 Å². The van der Waals surface area contributed by atoms with Gasteiger partial charge >= 0.3 is 0 Å². The van der Waals surface area contributed by atoms with Crippen molar-refractivity contribution in [3.8, 4) is 0 Å². The summed E-state index contributed by atoms with van der Waals surface area (Å²) in [5, 5.41) is 4.11. The Bertz CT molecular complexity index is 469. The van der Waals surface area contributed by atoms with Crippen LogP contribution in [-0.4, -0.2) is 16.8 Å². The number of hydrogen-bond donors (Lipinski definition) is 1. The van der Waals surface area contributed by atoms with Gasteiger partial charge in [-0.1, -0.05) is 52.9 Å². The first-order valence-corrected chi connectivity index (χ1v) is 8.36. The van der Waals surface area contributed by atoms with E-state index >= 15 is 0 Å². The first-order chi connectivity index (χ1) is 9.56.